The number of hydrogen-bond donors (Lipinski definition) is 1. The maximum atomic E-state index is 11.0. The van der Waals surface area contributed by atoms with Gasteiger partial charge in [0.1, 0.15) is 6.10 Å². The Kier molecular flexibility index (Phi) is 4.32. The van der Waals surface area contributed by atoms with Crippen molar-refractivity contribution in [3.63, 3.8) is 0 Å². The minimum absolute atomic E-state index is 0.152. The molecule has 3 nitrogen and oxygen atoms in total. The topological polar surface area (TPSA) is 46.5 Å². The predicted octanol–water partition coefficient (Wildman–Crippen LogP) is 2.51. The van der Waals surface area contributed by atoms with Crippen molar-refractivity contribution in [2.45, 2.75) is 6.10 Å². The molecule has 0 aromatic heterocycles. The Morgan fingerprint density at radius 3 is 2.06 bits per heavy atom. The van der Waals surface area contributed by atoms with Crippen molar-refractivity contribution in [1.29, 1.82) is 0 Å². The third-order valence-corrected chi connectivity index (χ3v) is 3.63. The first-order chi connectivity index (χ1) is 8.72. The second kappa shape index (κ2) is 5.96. The van der Waals surface area contributed by atoms with E-state index in [0.717, 1.165) is 11.1 Å². The fourth-order valence-corrected chi connectivity index (χ4v) is 2.34. The molecule has 0 radical (unpaired) electrons. The van der Waals surface area contributed by atoms with Gasteiger partial charge in [-0.1, -0.05) is 42.5 Å². The zero-order valence-corrected chi connectivity index (χ0v) is 11.0. The molecular weight excluding hydrogens is 247 g/mol. The lowest BCUT2D eigenvalue weighted by molar-refractivity contribution is 0.136. The Morgan fingerprint density at radius 1 is 1.00 bits per heavy atom. The summed E-state index contributed by atoms with van der Waals surface area (Å²) in [6, 6.07) is 16.9. The minimum Gasteiger partial charge on any atom is -0.372 e. The summed E-state index contributed by atoms with van der Waals surface area (Å²) in [7, 11) is -0.962. The lowest BCUT2D eigenvalue weighted by atomic mass is 10.0. The molecule has 0 saturated heterocycles. The van der Waals surface area contributed by atoms with Gasteiger partial charge in [-0.05, 0) is 23.3 Å². The Morgan fingerprint density at radius 2 is 1.56 bits per heavy atom. The molecule has 0 fully saturated rings. The van der Waals surface area contributed by atoms with E-state index in [0.29, 0.717) is 5.30 Å². The molecule has 2 atom stereocenters. The molecule has 1 N–H and O–H groups in total. The molecule has 2 aromatic carbocycles. The molecule has 2 aromatic rings. The number of benzene rings is 2. The zero-order valence-electron chi connectivity index (χ0n) is 10.0. The predicted molar refractivity (Wildman–Crippen MR) is 72.6 cm³/mol. The Bertz CT molecular complexity index is 522. The van der Waals surface area contributed by atoms with Crippen molar-refractivity contribution in [3.05, 3.63) is 65.7 Å². The summed E-state index contributed by atoms with van der Waals surface area (Å²) in [4.78, 5) is 9.04. The van der Waals surface area contributed by atoms with Crippen LogP contribution in [0.2, 0.25) is 0 Å². The van der Waals surface area contributed by atoms with Gasteiger partial charge >= 0.3 is 0 Å². The van der Waals surface area contributed by atoms with Crippen molar-refractivity contribution in [2.24, 2.45) is 0 Å². The van der Waals surface area contributed by atoms with Crippen LogP contribution in [0.25, 0.3) is 0 Å². The van der Waals surface area contributed by atoms with Crippen LogP contribution in [-0.4, -0.2) is 12.0 Å². The Labute approximate surface area is 107 Å². The molecule has 0 bridgehead atoms. The fourth-order valence-electron chi connectivity index (χ4n) is 1.89. The second-order valence-electron chi connectivity index (χ2n) is 3.95. The first-order valence-electron chi connectivity index (χ1n) is 5.63. The van der Waals surface area contributed by atoms with Crippen LogP contribution < -0.4 is 5.30 Å². The molecule has 0 spiro atoms. The van der Waals surface area contributed by atoms with Gasteiger partial charge in [0.2, 0.25) is 8.03 Å². The van der Waals surface area contributed by atoms with Crippen LogP contribution in [0.5, 0.6) is 0 Å². The van der Waals surface area contributed by atoms with Crippen molar-refractivity contribution in [1.82, 2.24) is 0 Å². The van der Waals surface area contributed by atoms with E-state index in [4.69, 9.17) is 9.63 Å². The van der Waals surface area contributed by atoms with Crippen LogP contribution in [-0.2, 0) is 9.30 Å². The van der Waals surface area contributed by atoms with Crippen LogP contribution in [0, 0.1) is 0 Å². The van der Waals surface area contributed by atoms with Crippen LogP contribution in [0.1, 0.15) is 17.2 Å². The van der Waals surface area contributed by atoms with Gasteiger partial charge < -0.3 is 9.63 Å². The quantitative estimate of drug-likeness (QED) is 0.861. The van der Waals surface area contributed by atoms with Gasteiger partial charge in [-0.3, -0.25) is 4.57 Å². The van der Waals surface area contributed by atoms with Crippen molar-refractivity contribution in [3.8, 4) is 0 Å². The average molecular weight is 262 g/mol. The molecule has 4 heteroatoms. The number of rotatable bonds is 4. The van der Waals surface area contributed by atoms with E-state index < -0.39 is 8.03 Å². The highest BCUT2D eigenvalue weighted by Gasteiger charge is 2.12. The van der Waals surface area contributed by atoms with E-state index in [-0.39, 0.29) is 6.10 Å². The highest BCUT2D eigenvalue weighted by molar-refractivity contribution is 7.47. The third kappa shape index (κ3) is 2.88. The maximum Gasteiger partial charge on any atom is 0.218 e. The van der Waals surface area contributed by atoms with Crippen LogP contribution >= 0.6 is 8.03 Å². The summed E-state index contributed by atoms with van der Waals surface area (Å²) in [6.45, 7) is 0. The number of methoxy groups -OCH3 is 1. The van der Waals surface area contributed by atoms with Gasteiger partial charge in [0.15, 0.2) is 0 Å². The molecule has 0 aliphatic rings. The van der Waals surface area contributed by atoms with Crippen molar-refractivity contribution >= 4 is 13.3 Å². The van der Waals surface area contributed by atoms with Crippen molar-refractivity contribution in [2.75, 3.05) is 7.11 Å². The van der Waals surface area contributed by atoms with E-state index in [2.05, 4.69) is 0 Å². The fraction of sp³-hybridized carbons (Fsp3) is 0.143. The summed E-state index contributed by atoms with van der Waals surface area (Å²) in [6.07, 6.45) is -0.152. The summed E-state index contributed by atoms with van der Waals surface area (Å²) in [5, 5.41) is 0.465. The molecule has 0 aliphatic heterocycles. The standard InChI is InChI=1S/C14H15O3P/c1-17-14(11-5-3-2-4-6-11)12-7-9-13(10-8-12)18(15)16/h2-10,14,18H,1H3,(H,15,16). The van der Waals surface area contributed by atoms with E-state index in [1.165, 1.54) is 0 Å². The largest absolute Gasteiger partial charge is 0.372 e. The van der Waals surface area contributed by atoms with E-state index in [9.17, 15) is 4.57 Å². The third-order valence-electron chi connectivity index (χ3n) is 2.80. The van der Waals surface area contributed by atoms with Gasteiger partial charge in [0.05, 0.1) is 0 Å². The summed E-state index contributed by atoms with van der Waals surface area (Å²) < 4.78 is 16.5. The molecule has 0 saturated carbocycles. The van der Waals surface area contributed by atoms with Gasteiger partial charge in [0.25, 0.3) is 0 Å². The monoisotopic (exact) mass is 262 g/mol. The van der Waals surface area contributed by atoms with Crippen LogP contribution in [0.4, 0.5) is 0 Å². The van der Waals surface area contributed by atoms with E-state index in [1.807, 2.05) is 42.5 Å². The summed E-state index contributed by atoms with van der Waals surface area (Å²) in [5.41, 5.74) is 2.03. The number of hydrogen-bond acceptors (Lipinski definition) is 2. The molecule has 94 valence electrons. The SMILES string of the molecule is COC(c1ccccc1)c1ccc([PH](=O)O)cc1. The maximum absolute atomic E-state index is 11.0. The molecule has 18 heavy (non-hydrogen) atoms. The van der Waals surface area contributed by atoms with Gasteiger partial charge in [0, 0.05) is 12.4 Å². The lowest BCUT2D eigenvalue weighted by Crippen LogP contribution is -2.05. The van der Waals surface area contributed by atoms with Gasteiger partial charge in [-0.25, -0.2) is 0 Å². The minimum atomic E-state index is -2.62. The van der Waals surface area contributed by atoms with Gasteiger partial charge in [-0.15, -0.1) is 0 Å². The van der Waals surface area contributed by atoms with E-state index in [1.54, 1.807) is 19.2 Å². The van der Waals surface area contributed by atoms with Crippen molar-refractivity contribution < 1.29 is 14.2 Å². The van der Waals surface area contributed by atoms with Crippen LogP contribution in [0.3, 0.4) is 0 Å². The van der Waals surface area contributed by atoms with E-state index >= 15 is 0 Å². The summed E-state index contributed by atoms with van der Waals surface area (Å²) >= 11 is 0. The molecule has 0 aliphatic carbocycles. The lowest BCUT2D eigenvalue weighted by Gasteiger charge is -2.16. The smallest absolute Gasteiger partial charge is 0.218 e. The molecule has 0 amide bonds. The molecular formula is C14H15O3P. The summed E-state index contributed by atoms with van der Waals surface area (Å²) in [5.74, 6) is 0. The second-order valence-corrected chi connectivity index (χ2v) is 5.14. The highest BCUT2D eigenvalue weighted by Crippen LogP contribution is 2.25. The highest BCUT2D eigenvalue weighted by atomic mass is 31.1. The molecule has 0 heterocycles. The first kappa shape index (κ1) is 13.0. The first-order valence-corrected chi connectivity index (χ1v) is 6.99. The Hall–Kier alpha value is -1.41. The molecule has 2 unspecified atom stereocenters. The normalized spacial score (nSPS) is 14.1. The Balaban J connectivity index is 2.31. The van der Waals surface area contributed by atoms with Crippen LogP contribution in [0.15, 0.2) is 54.6 Å². The average Bonchev–Trinajstić information content (AvgIpc) is 2.41. The zero-order chi connectivity index (χ0) is 13.0. The molecule has 2 rings (SSSR count). The number of ether oxygens (including phenoxy) is 1. The van der Waals surface area contributed by atoms with Gasteiger partial charge in [-0.2, -0.15) is 0 Å².